The van der Waals surface area contributed by atoms with E-state index in [4.69, 9.17) is 0 Å². The highest BCUT2D eigenvalue weighted by Gasteiger charge is 2.11. The first kappa shape index (κ1) is 13.2. The Balaban J connectivity index is 2.21. The van der Waals surface area contributed by atoms with E-state index >= 15 is 0 Å². The molecule has 1 unspecified atom stereocenters. The predicted molar refractivity (Wildman–Crippen MR) is 81.7 cm³/mol. The largest absolute Gasteiger partial charge is 0.505 e. The van der Waals surface area contributed by atoms with E-state index < -0.39 is 0 Å². The average Bonchev–Trinajstić information content (AvgIpc) is 2.38. The molecule has 2 N–H and O–H groups in total. The summed E-state index contributed by atoms with van der Waals surface area (Å²) in [4.78, 5) is 0.392. The van der Waals surface area contributed by atoms with Crippen molar-refractivity contribution in [3.05, 3.63) is 36.4 Å². The van der Waals surface area contributed by atoms with Gasteiger partial charge in [-0.2, -0.15) is 0 Å². The molecule has 2 aromatic carbocycles. The molecule has 0 aliphatic rings. The molecule has 0 saturated carbocycles. The minimum atomic E-state index is 0.330. The smallest absolute Gasteiger partial charge is 0.146 e. The maximum atomic E-state index is 10.2. The predicted octanol–water partition coefficient (Wildman–Crippen LogP) is 4.38. The number of hydrogen-bond donors (Lipinski definition) is 2. The Hall–Kier alpha value is -1.22. The van der Waals surface area contributed by atoms with E-state index in [9.17, 15) is 5.11 Å². The quantitative estimate of drug-likeness (QED) is 0.649. The molecule has 96 valence electrons. The summed E-state index contributed by atoms with van der Waals surface area (Å²) < 4.78 is 0. The second-order valence-corrected chi connectivity index (χ2v) is 6.00. The number of fused-ring (bicyclic) bond motifs is 1. The molecule has 0 radical (unpaired) electrons. The van der Waals surface area contributed by atoms with Crippen molar-refractivity contribution in [3.63, 3.8) is 0 Å². The van der Waals surface area contributed by atoms with Gasteiger partial charge in [-0.3, -0.25) is 0 Å². The van der Waals surface area contributed by atoms with Crippen LogP contribution in [0.1, 0.15) is 13.8 Å². The zero-order chi connectivity index (χ0) is 13.1. The van der Waals surface area contributed by atoms with Crippen LogP contribution in [0.25, 0.3) is 10.8 Å². The summed E-state index contributed by atoms with van der Waals surface area (Å²) in [5.41, 5.74) is 0.791. The van der Waals surface area contributed by atoms with E-state index in [1.165, 1.54) is 0 Å². The van der Waals surface area contributed by atoms with Crippen molar-refractivity contribution in [2.24, 2.45) is 5.92 Å². The summed E-state index contributed by atoms with van der Waals surface area (Å²) in [5.74, 6) is 0.886. The van der Waals surface area contributed by atoms with Gasteiger partial charge < -0.3 is 10.4 Å². The van der Waals surface area contributed by atoms with Crippen LogP contribution in [0.4, 0.5) is 5.69 Å². The number of alkyl halides is 1. The number of benzene rings is 2. The highest BCUT2D eigenvalue weighted by atomic mass is 79.9. The second kappa shape index (κ2) is 5.61. The number of aromatic hydroxyl groups is 1. The van der Waals surface area contributed by atoms with Crippen LogP contribution in [-0.2, 0) is 0 Å². The van der Waals surface area contributed by atoms with Gasteiger partial charge in [0.1, 0.15) is 5.75 Å². The first-order chi connectivity index (χ1) is 8.59. The summed E-state index contributed by atoms with van der Waals surface area (Å²) in [6.07, 6.45) is 0. The molecule has 18 heavy (non-hydrogen) atoms. The molecule has 0 aliphatic carbocycles. The second-order valence-electron chi connectivity index (χ2n) is 4.82. The number of rotatable bonds is 4. The molecule has 2 nitrogen and oxygen atoms in total. The zero-order valence-electron chi connectivity index (χ0n) is 10.7. The fourth-order valence-corrected chi connectivity index (χ4v) is 2.00. The maximum absolute atomic E-state index is 10.2. The third kappa shape index (κ3) is 2.78. The van der Waals surface area contributed by atoms with Gasteiger partial charge in [-0.15, -0.1) is 0 Å². The van der Waals surface area contributed by atoms with Crippen LogP contribution in [0.5, 0.6) is 5.75 Å². The monoisotopic (exact) mass is 307 g/mol. The van der Waals surface area contributed by atoms with Gasteiger partial charge in [-0.1, -0.05) is 60.1 Å². The lowest BCUT2D eigenvalue weighted by molar-refractivity contribution is 0.483. The zero-order valence-corrected chi connectivity index (χ0v) is 12.2. The van der Waals surface area contributed by atoms with E-state index in [-0.39, 0.29) is 0 Å². The molecule has 0 spiro atoms. The topological polar surface area (TPSA) is 32.3 Å². The summed E-state index contributed by atoms with van der Waals surface area (Å²) >= 11 is 3.63. The molecule has 2 aromatic rings. The van der Waals surface area contributed by atoms with Crippen LogP contribution >= 0.6 is 15.9 Å². The normalized spacial score (nSPS) is 12.9. The lowest BCUT2D eigenvalue weighted by atomic mass is 10.1. The Bertz CT molecular complexity index is 539. The van der Waals surface area contributed by atoms with Gasteiger partial charge in [0.25, 0.3) is 0 Å². The van der Waals surface area contributed by atoms with Crippen LogP contribution in [-0.4, -0.2) is 16.5 Å². The highest BCUT2D eigenvalue weighted by Crippen LogP contribution is 2.32. The van der Waals surface area contributed by atoms with E-state index in [2.05, 4.69) is 35.1 Å². The highest BCUT2D eigenvalue weighted by molar-refractivity contribution is 9.09. The fraction of sp³-hybridized carbons (Fsp3) is 0.333. The molecule has 0 heterocycles. The van der Waals surface area contributed by atoms with Gasteiger partial charge in [0, 0.05) is 16.8 Å². The molecule has 0 aliphatic heterocycles. The van der Waals surface area contributed by atoms with Crippen molar-refractivity contribution in [2.45, 2.75) is 18.7 Å². The Labute approximate surface area is 116 Å². The molecule has 0 saturated heterocycles. The summed E-state index contributed by atoms with van der Waals surface area (Å²) in [5, 5.41) is 15.5. The molecule has 0 bridgehead atoms. The molecule has 1 atom stereocenters. The third-order valence-corrected chi connectivity index (χ3v) is 4.49. The van der Waals surface area contributed by atoms with Crippen LogP contribution in [0, 0.1) is 5.92 Å². The van der Waals surface area contributed by atoms with E-state index in [0.717, 1.165) is 23.0 Å². The maximum Gasteiger partial charge on any atom is 0.146 e. The lowest BCUT2D eigenvalue weighted by Crippen LogP contribution is -2.19. The Kier molecular flexibility index (Phi) is 4.12. The molecule has 0 amide bonds. The number of phenols is 1. The number of halogens is 1. The van der Waals surface area contributed by atoms with Crippen molar-refractivity contribution in [2.75, 3.05) is 11.9 Å². The minimum absolute atomic E-state index is 0.330. The van der Waals surface area contributed by atoms with Crippen molar-refractivity contribution < 1.29 is 5.11 Å². The van der Waals surface area contributed by atoms with Crippen molar-refractivity contribution in [1.82, 2.24) is 0 Å². The molecule has 2 rings (SSSR count). The van der Waals surface area contributed by atoms with Gasteiger partial charge in [0.05, 0.1) is 5.69 Å². The standard InChI is InChI=1S/C15H18BrNO/c1-10(2)13(16)9-17-14-8-7-11-5-3-4-6-12(11)15(14)18/h3-8,10,13,17-18H,9H2,1-2H3. The summed E-state index contributed by atoms with van der Waals surface area (Å²) in [7, 11) is 0. The van der Waals surface area contributed by atoms with Crippen molar-refractivity contribution >= 4 is 32.4 Å². The first-order valence-corrected chi connectivity index (χ1v) is 7.10. The SMILES string of the molecule is CC(C)C(Br)CNc1ccc2ccccc2c1O. The summed E-state index contributed by atoms with van der Waals surface area (Å²) in [6.45, 7) is 5.13. The van der Waals surface area contributed by atoms with Gasteiger partial charge in [-0.25, -0.2) is 0 Å². The van der Waals surface area contributed by atoms with E-state index in [0.29, 0.717) is 16.5 Å². The number of nitrogens with one attached hydrogen (secondary N) is 1. The van der Waals surface area contributed by atoms with Crippen LogP contribution in [0.3, 0.4) is 0 Å². The molecular weight excluding hydrogens is 290 g/mol. The first-order valence-electron chi connectivity index (χ1n) is 6.18. The Morgan fingerprint density at radius 3 is 2.61 bits per heavy atom. The molecule has 0 fully saturated rings. The fourth-order valence-electron chi connectivity index (χ4n) is 1.84. The number of phenolic OH excluding ortho intramolecular Hbond substituents is 1. The summed E-state index contributed by atoms with van der Waals surface area (Å²) in [6, 6.07) is 11.8. The molecule has 0 aromatic heterocycles. The third-order valence-electron chi connectivity index (χ3n) is 3.11. The van der Waals surface area contributed by atoms with E-state index in [1.807, 2.05) is 36.4 Å². The van der Waals surface area contributed by atoms with Crippen molar-refractivity contribution in [3.8, 4) is 5.75 Å². The Morgan fingerprint density at radius 1 is 1.17 bits per heavy atom. The lowest BCUT2D eigenvalue weighted by Gasteiger charge is -2.16. The Morgan fingerprint density at radius 2 is 1.89 bits per heavy atom. The minimum Gasteiger partial charge on any atom is -0.505 e. The van der Waals surface area contributed by atoms with Crippen LogP contribution < -0.4 is 5.32 Å². The number of hydrogen-bond acceptors (Lipinski definition) is 2. The van der Waals surface area contributed by atoms with Gasteiger partial charge in [0.15, 0.2) is 0 Å². The van der Waals surface area contributed by atoms with E-state index in [1.54, 1.807) is 0 Å². The van der Waals surface area contributed by atoms with Gasteiger partial charge in [-0.05, 0) is 17.4 Å². The van der Waals surface area contributed by atoms with Crippen molar-refractivity contribution in [1.29, 1.82) is 0 Å². The van der Waals surface area contributed by atoms with Gasteiger partial charge >= 0.3 is 0 Å². The van der Waals surface area contributed by atoms with Gasteiger partial charge in [0.2, 0.25) is 0 Å². The van der Waals surface area contributed by atoms with Crippen LogP contribution in [0.2, 0.25) is 0 Å². The molecular formula is C15H18BrNO. The molecule has 3 heteroatoms. The van der Waals surface area contributed by atoms with Crippen LogP contribution in [0.15, 0.2) is 36.4 Å². The number of anilines is 1. The average molecular weight is 308 g/mol.